The van der Waals surface area contributed by atoms with Gasteiger partial charge in [-0.05, 0) is 110 Å². The molecule has 3 aromatic rings. The Kier molecular flexibility index (Phi) is 10.3. The smallest absolute Gasteiger partial charge is 0.207 e. The van der Waals surface area contributed by atoms with Gasteiger partial charge in [0.25, 0.3) is 0 Å². The van der Waals surface area contributed by atoms with Crippen molar-refractivity contribution in [2.75, 3.05) is 33.5 Å². The summed E-state index contributed by atoms with van der Waals surface area (Å²) in [6.45, 7) is 4.14. The van der Waals surface area contributed by atoms with Crippen molar-refractivity contribution in [3.8, 4) is 51.4 Å². The molecule has 0 radical (unpaired) electrons. The van der Waals surface area contributed by atoms with E-state index in [1.165, 1.54) is 7.11 Å². The minimum Gasteiger partial charge on any atom is -0.508 e. The van der Waals surface area contributed by atoms with Crippen LogP contribution >= 0.6 is 21.6 Å². The quantitative estimate of drug-likeness (QED) is 0.0862. The molecule has 3 aromatic carbocycles. The number of aliphatic hydroxyl groups excluding tert-OH is 3. The molecule has 1 saturated heterocycles. The van der Waals surface area contributed by atoms with Crippen molar-refractivity contribution < 1.29 is 49.6 Å². The maximum atomic E-state index is 13.4. The molecule has 1 spiro atoms. The summed E-state index contributed by atoms with van der Waals surface area (Å²) in [5.74, 6) is 0.578. The van der Waals surface area contributed by atoms with Gasteiger partial charge in [-0.2, -0.15) is 0 Å². The van der Waals surface area contributed by atoms with Crippen LogP contribution < -0.4 is 18.9 Å². The van der Waals surface area contributed by atoms with Crippen LogP contribution in [0.1, 0.15) is 105 Å². The SMILES string of the molecule is COc1c(O)c(OCCC(C)C)cc([C@@]23CC[C@@]45CC[C@@H](C[C@@H]6c7cc(O)ccc7-c7c(OCCO)cc(c(c7[C@H]6CO)[C@@H]4[C@H]2O)O3)[C@@H]2CC=C[C@H](C2)SS5)c1O. The molecule has 9 rings (SSSR count). The van der Waals surface area contributed by atoms with Crippen LogP contribution in [0.3, 0.4) is 0 Å². The highest BCUT2D eigenvalue weighted by Gasteiger charge is 2.65. The largest absolute Gasteiger partial charge is 0.508 e. The predicted molar refractivity (Wildman–Crippen MR) is 221 cm³/mol. The average Bonchev–Trinajstić information content (AvgIpc) is 3.24. The number of methoxy groups -OCH3 is 1. The lowest BCUT2D eigenvalue weighted by Gasteiger charge is -2.59. The van der Waals surface area contributed by atoms with Crippen LogP contribution in [-0.2, 0) is 5.60 Å². The Hall–Kier alpha value is -3.42. The Morgan fingerprint density at radius 3 is 2.53 bits per heavy atom. The summed E-state index contributed by atoms with van der Waals surface area (Å²) in [7, 11) is 5.17. The van der Waals surface area contributed by atoms with E-state index in [0.717, 1.165) is 66.3 Å². The maximum Gasteiger partial charge on any atom is 0.207 e. The summed E-state index contributed by atoms with van der Waals surface area (Å²) in [6, 6.07) is 8.93. The van der Waals surface area contributed by atoms with Gasteiger partial charge >= 0.3 is 0 Å². The minimum absolute atomic E-state index is 0.0185. The highest BCUT2D eigenvalue weighted by Crippen LogP contribution is 2.71. The molecular formula is C45H54O10S2. The third-order valence-electron chi connectivity index (χ3n) is 14.0. The first-order valence-electron chi connectivity index (χ1n) is 20.6. The molecule has 2 fully saturated rings. The van der Waals surface area contributed by atoms with Crippen LogP contribution in [0, 0.1) is 17.8 Å². The molecule has 12 heteroatoms. The van der Waals surface area contributed by atoms with Crippen LogP contribution in [0.5, 0.6) is 40.2 Å². The molecule has 4 aliphatic carbocycles. The Balaban J connectivity index is 1.33. The molecule has 10 nitrogen and oxygen atoms in total. The Morgan fingerprint density at radius 1 is 0.930 bits per heavy atom. The second-order valence-corrected chi connectivity index (χ2v) is 20.2. The molecule has 57 heavy (non-hydrogen) atoms. The fourth-order valence-electron chi connectivity index (χ4n) is 11.2. The van der Waals surface area contributed by atoms with Gasteiger partial charge in [0.1, 0.15) is 30.0 Å². The number of aliphatic hydroxyl groups is 3. The van der Waals surface area contributed by atoms with E-state index in [2.05, 4.69) is 26.0 Å². The summed E-state index contributed by atoms with van der Waals surface area (Å²) >= 11 is 0. The van der Waals surface area contributed by atoms with Crippen molar-refractivity contribution in [1.29, 1.82) is 0 Å². The molecule has 1 saturated carbocycles. The molecule has 0 aromatic heterocycles. The van der Waals surface area contributed by atoms with E-state index < -0.39 is 28.3 Å². The number of fused-ring (bicyclic) bond motifs is 10. The van der Waals surface area contributed by atoms with Gasteiger partial charge in [0.15, 0.2) is 17.1 Å². The molecule has 9 atom stereocenters. The first-order chi connectivity index (χ1) is 27.5. The minimum atomic E-state index is -1.48. The monoisotopic (exact) mass is 818 g/mol. The van der Waals surface area contributed by atoms with Crippen LogP contribution in [0.4, 0.5) is 0 Å². The molecule has 6 N–H and O–H groups in total. The molecule has 306 valence electrons. The molecular weight excluding hydrogens is 765 g/mol. The number of phenols is 3. The van der Waals surface area contributed by atoms with Crippen molar-refractivity contribution in [2.24, 2.45) is 17.8 Å². The maximum absolute atomic E-state index is 13.4. The molecule has 2 aliphatic heterocycles. The van der Waals surface area contributed by atoms with E-state index in [4.69, 9.17) is 18.9 Å². The summed E-state index contributed by atoms with van der Waals surface area (Å²) < 4.78 is 24.9. The zero-order valence-corrected chi connectivity index (χ0v) is 34.4. The second-order valence-electron chi connectivity index (χ2n) is 17.4. The fraction of sp³-hybridized carbons (Fsp3) is 0.556. The van der Waals surface area contributed by atoms with E-state index >= 15 is 0 Å². The van der Waals surface area contributed by atoms with E-state index in [-0.39, 0.29) is 60.0 Å². The number of hydrogen-bond donors (Lipinski definition) is 6. The van der Waals surface area contributed by atoms with Crippen molar-refractivity contribution in [3.05, 3.63) is 64.7 Å². The Morgan fingerprint density at radius 2 is 1.75 bits per heavy atom. The zero-order chi connectivity index (χ0) is 39.8. The molecule has 0 unspecified atom stereocenters. The lowest BCUT2D eigenvalue weighted by molar-refractivity contribution is -0.124. The molecule has 8 bridgehead atoms. The van der Waals surface area contributed by atoms with Gasteiger partial charge in [0, 0.05) is 44.6 Å². The number of benzene rings is 3. The normalized spacial score (nSPS) is 31.8. The van der Waals surface area contributed by atoms with E-state index in [1.807, 2.05) is 39.8 Å². The highest BCUT2D eigenvalue weighted by molar-refractivity contribution is 8.77. The van der Waals surface area contributed by atoms with Gasteiger partial charge < -0.3 is 49.6 Å². The third kappa shape index (κ3) is 6.18. The first kappa shape index (κ1) is 39.1. The van der Waals surface area contributed by atoms with Gasteiger partial charge in [-0.25, -0.2) is 0 Å². The van der Waals surface area contributed by atoms with Gasteiger partial charge in [0.2, 0.25) is 11.5 Å². The lowest BCUT2D eigenvalue weighted by atomic mass is 9.56. The number of allylic oxidation sites excluding steroid dienone is 1. The third-order valence-corrected chi connectivity index (χ3v) is 17.7. The van der Waals surface area contributed by atoms with Crippen molar-refractivity contribution >= 4 is 21.6 Å². The number of phenolic OH excluding ortho intramolecular Hbond substituents is 3. The van der Waals surface area contributed by atoms with E-state index in [0.29, 0.717) is 54.0 Å². The van der Waals surface area contributed by atoms with Crippen LogP contribution in [-0.4, -0.2) is 80.3 Å². The molecule has 2 heterocycles. The van der Waals surface area contributed by atoms with Crippen LogP contribution in [0.2, 0.25) is 0 Å². The topological polar surface area (TPSA) is 158 Å². The van der Waals surface area contributed by atoms with E-state index in [9.17, 15) is 30.6 Å². The summed E-state index contributed by atoms with van der Waals surface area (Å²) in [4.78, 5) is 0. The van der Waals surface area contributed by atoms with Crippen molar-refractivity contribution in [3.63, 3.8) is 0 Å². The lowest BCUT2D eigenvalue weighted by Crippen LogP contribution is -2.61. The second kappa shape index (κ2) is 15.0. The van der Waals surface area contributed by atoms with E-state index in [1.54, 1.807) is 12.1 Å². The predicted octanol–water partition coefficient (Wildman–Crippen LogP) is 8.24. The van der Waals surface area contributed by atoms with Gasteiger partial charge in [-0.3, -0.25) is 0 Å². The average molecular weight is 819 g/mol. The summed E-state index contributed by atoms with van der Waals surface area (Å²) in [5, 5.41) is 69.6. The van der Waals surface area contributed by atoms with Crippen molar-refractivity contribution in [2.45, 2.75) is 105 Å². The number of rotatable bonds is 10. The number of ether oxygens (including phenoxy) is 4. The highest BCUT2D eigenvalue weighted by atomic mass is 33.1. The summed E-state index contributed by atoms with van der Waals surface area (Å²) in [5.41, 5.74) is 3.17. The van der Waals surface area contributed by atoms with Gasteiger partial charge in [-0.1, -0.05) is 53.7 Å². The summed E-state index contributed by atoms with van der Waals surface area (Å²) in [6.07, 6.45) is 9.98. The number of hydrogen-bond acceptors (Lipinski definition) is 12. The Labute approximate surface area is 342 Å². The number of aromatic hydroxyl groups is 3. The van der Waals surface area contributed by atoms with Crippen LogP contribution in [0.25, 0.3) is 11.1 Å². The zero-order valence-electron chi connectivity index (χ0n) is 32.8. The van der Waals surface area contributed by atoms with Gasteiger partial charge in [-0.15, -0.1) is 0 Å². The van der Waals surface area contributed by atoms with Crippen molar-refractivity contribution in [1.82, 2.24) is 0 Å². The standard InChI is InChI=1S/C45H54O10S2/c1-23(2)10-15-53-35-20-32(40(49)42(52-3)41(35)50)45-13-12-44-11-9-25(24-5-4-6-27(17-24)56-57-44)18-29-30-19-26(48)7-8-28(30)36-33(54-16-14-46)21-34(55-45)38(39(44)43(45)51)37(36)31(29)22-47/h4,6-8,19-21,23-25,27,29,31,39,43,46-51H,5,9-18,22H2,1-3H3/t24-,25+,27-,29-,31+,39-,43-,44+,45+/m1/s1. The molecule has 0 amide bonds. The first-order valence-corrected chi connectivity index (χ1v) is 22.8. The van der Waals surface area contributed by atoms with Gasteiger partial charge in [0.05, 0.1) is 26.9 Å². The fourth-order valence-corrected chi connectivity index (χ4v) is 14.9. The Bertz CT molecular complexity index is 2070. The molecule has 6 aliphatic rings. The van der Waals surface area contributed by atoms with Crippen LogP contribution in [0.15, 0.2) is 42.5 Å².